The molecule has 5 heteroatoms. The fraction of sp³-hybridized carbons (Fsp3) is 1.00. The van der Waals surface area contributed by atoms with Gasteiger partial charge in [0, 0.05) is 0 Å². The molecule has 0 fully saturated rings. The Morgan fingerprint density at radius 1 is 1.40 bits per heavy atom. The maximum Gasteiger partial charge on any atom is 0.161 e. The van der Waals surface area contributed by atoms with Crippen LogP contribution in [-0.4, -0.2) is 22.2 Å². The molecule has 0 aromatic carbocycles. The van der Waals surface area contributed by atoms with Crippen LogP contribution in [0.2, 0.25) is 6.04 Å². The van der Waals surface area contributed by atoms with Crippen LogP contribution < -0.4 is 17.2 Å². The average Bonchev–Trinajstić information content (AvgIpc) is 1.78. The molecule has 0 aliphatic heterocycles. The van der Waals surface area contributed by atoms with Crippen LogP contribution in [0.15, 0.2) is 0 Å². The molecule has 0 bridgehead atoms. The van der Waals surface area contributed by atoms with Crippen molar-refractivity contribution in [2.24, 2.45) is 17.2 Å². The third-order valence-electron chi connectivity index (χ3n) is 0.994. The van der Waals surface area contributed by atoms with Crippen LogP contribution in [0.25, 0.3) is 0 Å². The normalized spacial score (nSPS) is 13.2. The predicted molar refractivity (Wildman–Crippen MR) is 44.9 cm³/mol. The van der Waals surface area contributed by atoms with E-state index in [9.17, 15) is 0 Å². The summed E-state index contributed by atoms with van der Waals surface area (Å²) in [6.07, 6.45) is 1.17. The molecule has 0 saturated heterocycles. The first-order valence-electron chi connectivity index (χ1n) is 3.50. The lowest BCUT2D eigenvalue weighted by molar-refractivity contribution is 0.235. The predicted octanol–water partition coefficient (Wildman–Crippen LogP) is -1.55. The molecule has 0 unspecified atom stereocenters. The Balaban J connectivity index is 3.04. The number of hydrogen-bond donors (Lipinski definition) is 3. The SMILES string of the molecule is CCC[SiH2]OCC(N)(N)N. The highest BCUT2D eigenvalue weighted by Gasteiger charge is 2.09. The van der Waals surface area contributed by atoms with Crippen molar-refractivity contribution >= 4 is 9.76 Å². The Labute approximate surface area is 64.0 Å². The van der Waals surface area contributed by atoms with Crippen LogP contribution in [0.4, 0.5) is 0 Å². The fourth-order valence-electron chi connectivity index (χ4n) is 0.495. The summed E-state index contributed by atoms with van der Waals surface area (Å²) < 4.78 is 5.20. The Hall–Kier alpha value is 0.0569. The molecular formula is C5H17N3OSi. The zero-order valence-corrected chi connectivity index (χ0v) is 7.88. The average molecular weight is 163 g/mol. The standard InChI is InChI=1S/C5H17N3OSi/c1-2-3-10-9-4-5(6,7)8/h2-4,6-8,10H2,1H3. The van der Waals surface area contributed by atoms with Crippen LogP contribution in [0.3, 0.4) is 0 Å². The first kappa shape index (κ1) is 10.1. The fourth-order valence-corrected chi connectivity index (χ4v) is 1.49. The second-order valence-corrected chi connectivity index (χ2v) is 4.04. The van der Waals surface area contributed by atoms with Crippen LogP contribution in [0, 0.1) is 0 Å². The van der Waals surface area contributed by atoms with Crippen molar-refractivity contribution in [3.8, 4) is 0 Å². The molecule has 0 radical (unpaired) electrons. The van der Waals surface area contributed by atoms with Gasteiger partial charge in [0.25, 0.3) is 0 Å². The summed E-state index contributed by atoms with van der Waals surface area (Å²) in [5, 5.41) is 0. The van der Waals surface area contributed by atoms with Gasteiger partial charge in [0.2, 0.25) is 0 Å². The van der Waals surface area contributed by atoms with E-state index >= 15 is 0 Å². The second kappa shape index (κ2) is 4.81. The summed E-state index contributed by atoms with van der Waals surface area (Å²) >= 11 is 0. The third kappa shape index (κ3) is 8.06. The molecule has 10 heavy (non-hydrogen) atoms. The molecule has 62 valence electrons. The zero-order valence-electron chi connectivity index (χ0n) is 6.47. The van der Waals surface area contributed by atoms with Gasteiger partial charge in [-0.15, -0.1) is 0 Å². The summed E-state index contributed by atoms with van der Waals surface area (Å²) in [6, 6.07) is 1.16. The number of rotatable bonds is 5. The van der Waals surface area contributed by atoms with Gasteiger partial charge in [-0.25, -0.2) is 0 Å². The van der Waals surface area contributed by atoms with E-state index in [1.807, 2.05) is 0 Å². The van der Waals surface area contributed by atoms with Crippen molar-refractivity contribution in [1.29, 1.82) is 0 Å². The monoisotopic (exact) mass is 163 g/mol. The molecule has 0 rings (SSSR count). The minimum atomic E-state index is -1.14. The van der Waals surface area contributed by atoms with Gasteiger partial charge in [0.05, 0.1) is 6.61 Å². The molecular weight excluding hydrogens is 146 g/mol. The summed E-state index contributed by atoms with van der Waals surface area (Å²) in [4.78, 5) is 0. The van der Waals surface area contributed by atoms with Gasteiger partial charge in [-0.2, -0.15) is 0 Å². The first-order valence-corrected chi connectivity index (χ1v) is 5.08. The summed E-state index contributed by atoms with van der Waals surface area (Å²) in [7, 11) is -0.409. The Morgan fingerprint density at radius 2 is 2.00 bits per heavy atom. The van der Waals surface area contributed by atoms with E-state index < -0.39 is 15.5 Å². The van der Waals surface area contributed by atoms with Gasteiger partial charge in [-0.05, 0) is 6.04 Å². The lowest BCUT2D eigenvalue weighted by Gasteiger charge is -2.18. The smallest absolute Gasteiger partial charge is 0.161 e. The van der Waals surface area contributed by atoms with Crippen molar-refractivity contribution in [2.75, 3.05) is 6.61 Å². The molecule has 0 atom stereocenters. The van der Waals surface area contributed by atoms with E-state index in [1.54, 1.807) is 0 Å². The van der Waals surface area contributed by atoms with Crippen molar-refractivity contribution in [1.82, 2.24) is 0 Å². The molecule has 0 aliphatic rings. The van der Waals surface area contributed by atoms with Gasteiger partial charge in [0.15, 0.2) is 9.76 Å². The molecule has 0 heterocycles. The van der Waals surface area contributed by atoms with Crippen LogP contribution in [0.5, 0.6) is 0 Å². The molecule has 0 aromatic rings. The Bertz CT molecular complexity index is 83.5. The van der Waals surface area contributed by atoms with Crippen LogP contribution in [0.1, 0.15) is 13.3 Å². The summed E-state index contributed by atoms with van der Waals surface area (Å²) in [5.41, 5.74) is 15.8. The van der Waals surface area contributed by atoms with Gasteiger partial charge < -0.3 is 4.43 Å². The van der Waals surface area contributed by atoms with E-state index in [2.05, 4.69) is 6.92 Å². The van der Waals surface area contributed by atoms with Crippen molar-refractivity contribution in [3.63, 3.8) is 0 Å². The molecule has 0 saturated carbocycles. The van der Waals surface area contributed by atoms with E-state index in [1.165, 1.54) is 6.42 Å². The van der Waals surface area contributed by atoms with Crippen LogP contribution >= 0.6 is 0 Å². The molecule has 4 nitrogen and oxygen atoms in total. The van der Waals surface area contributed by atoms with Gasteiger partial charge in [0.1, 0.15) is 5.79 Å². The topological polar surface area (TPSA) is 87.3 Å². The van der Waals surface area contributed by atoms with Gasteiger partial charge in [-0.1, -0.05) is 13.3 Å². The summed E-state index contributed by atoms with van der Waals surface area (Å²) in [5.74, 6) is -1.14. The second-order valence-electron chi connectivity index (χ2n) is 2.52. The highest BCUT2D eigenvalue weighted by molar-refractivity contribution is 6.26. The molecule has 0 aliphatic carbocycles. The van der Waals surface area contributed by atoms with E-state index in [0.29, 0.717) is 0 Å². The summed E-state index contributed by atoms with van der Waals surface area (Å²) in [6.45, 7) is 2.40. The lowest BCUT2D eigenvalue weighted by atomic mass is 10.4. The van der Waals surface area contributed by atoms with Gasteiger partial charge >= 0.3 is 0 Å². The Kier molecular flexibility index (Phi) is 4.84. The lowest BCUT2D eigenvalue weighted by Crippen LogP contribution is -2.61. The highest BCUT2D eigenvalue weighted by atomic mass is 28.2. The number of nitrogens with two attached hydrogens (primary N) is 3. The van der Waals surface area contributed by atoms with Crippen molar-refractivity contribution < 1.29 is 4.43 Å². The van der Waals surface area contributed by atoms with Crippen molar-refractivity contribution in [2.45, 2.75) is 25.2 Å². The molecule has 0 amide bonds. The van der Waals surface area contributed by atoms with Gasteiger partial charge in [-0.3, -0.25) is 17.2 Å². The zero-order chi connectivity index (χ0) is 8.04. The van der Waals surface area contributed by atoms with Crippen molar-refractivity contribution in [3.05, 3.63) is 0 Å². The van der Waals surface area contributed by atoms with Crippen LogP contribution in [-0.2, 0) is 4.43 Å². The maximum atomic E-state index is 5.27. The number of hydrogen-bond acceptors (Lipinski definition) is 4. The Morgan fingerprint density at radius 3 is 2.40 bits per heavy atom. The maximum absolute atomic E-state index is 5.27. The largest absolute Gasteiger partial charge is 0.419 e. The van der Waals surface area contributed by atoms with E-state index in [-0.39, 0.29) is 6.61 Å². The van der Waals surface area contributed by atoms with E-state index in [4.69, 9.17) is 21.6 Å². The molecule has 0 aromatic heterocycles. The minimum absolute atomic E-state index is 0.277. The third-order valence-corrected chi connectivity index (χ3v) is 2.48. The first-order chi connectivity index (χ1) is 4.56. The quantitative estimate of drug-likeness (QED) is 0.260. The van der Waals surface area contributed by atoms with E-state index in [0.717, 1.165) is 6.04 Å². The molecule has 0 spiro atoms. The minimum Gasteiger partial charge on any atom is -0.419 e. The highest BCUT2D eigenvalue weighted by Crippen LogP contribution is 1.87. The molecule has 6 N–H and O–H groups in total.